The van der Waals surface area contributed by atoms with Crippen LogP contribution < -0.4 is 32.6 Å². The first-order chi connectivity index (χ1) is 21.0. The van der Waals surface area contributed by atoms with Gasteiger partial charge in [-0.1, -0.05) is 31.9 Å². The number of hydrogen-bond donors (Lipinski definition) is 5. The number of esters is 1. The number of aromatic amines is 1. The van der Waals surface area contributed by atoms with Gasteiger partial charge in [0.1, 0.15) is 22.2 Å². The van der Waals surface area contributed by atoms with Crippen LogP contribution in [0, 0.1) is 5.92 Å². The molecular weight excluding hydrogens is 590 g/mol. The predicted molar refractivity (Wildman–Crippen MR) is 168 cm³/mol. The molecule has 240 valence electrons. The van der Waals surface area contributed by atoms with Crippen molar-refractivity contribution in [1.82, 2.24) is 30.5 Å². The average molecular weight is 632 g/mol. The predicted octanol–water partition coefficient (Wildman–Crippen LogP) is 1.56. The fourth-order valence-corrected chi connectivity index (χ4v) is 5.33. The highest BCUT2D eigenvalue weighted by molar-refractivity contribution is 6.29. The number of hydrogen-bond acceptors (Lipinski definition) is 11. The number of likely N-dealkylation sites (tertiary alicyclic amines) is 1. The summed E-state index contributed by atoms with van der Waals surface area (Å²) in [5.74, 6) is -0.979. The van der Waals surface area contributed by atoms with Crippen LogP contribution in [0.15, 0.2) is 16.9 Å². The quantitative estimate of drug-likeness (QED) is 0.159. The average Bonchev–Trinajstić information content (AvgIpc) is 3.78. The molecule has 7 N–H and O–H groups in total. The first kappa shape index (κ1) is 33.0. The van der Waals surface area contributed by atoms with Crippen LogP contribution in [0.2, 0.25) is 5.15 Å². The number of nitrogen functional groups attached to an aromatic ring is 2. The first-order valence-electron chi connectivity index (χ1n) is 15.1. The molecule has 3 heterocycles. The third kappa shape index (κ3) is 7.78. The van der Waals surface area contributed by atoms with Gasteiger partial charge in [0.2, 0.25) is 0 Å². The van der Waals surface area contributed by atoms with Crippen LogP contribution in [0.3, 0.4) is 0 Å². The molecule has 0 aromatic carbocycles. The van der Waals surface area contributed by atoms with Gasteiger partial charge in [0.05, 0.1) is 12.2 Å². The third-order valence-corrected chi connectivity index (χ3v) is 8.38. The fraction of sp³-hybridized carbons (Fsp3) is 0.586. The Balaban J connectivity index is 1.36. The van der Waals surface area contributed by atoms with E-state index in [1.807, 2.05) is 4.90 Å². The van der Waals surface area contributed by atoms with Gasteiger partial charge in [-0.05, 0) is 50.7 Å². The molecule has 2 aromatic rings. The highest BCUT2D eigenvalue weighted by Crippen LogP contribution is 2.37. The van der Waals surface area contributed by atoms with Crippen LogP contribution >= 0.6 is 11.6 Å². The van der Waals surface area contributed by atoms with Gasteiger partial charge < -0.3 is 41.6 Å². The zero-order valence-corrected chi connectivity index (χ0v) is 26.2. The van der Waals surface area contributed by atoms with E-state index in [9.17, 15) is 19.2 Å². The molecule has 2 amide bonds. The molecular formula is C29H42ClN9O5. The molecule has 0 spiro atoms. The van der Waals surface area contributed by atoms with Gasteiger partial charge in [-0.2, -0.15) is 0 Å². The topological polar surface area (TPSA) is 202 Å². The maximum absolute atomic E-state index is 13.2. The molecule has 2 aromatic heterocycles. The number of aromatic nitrogens is 3. The Morgan fingerprint density at radius 2 is 1.89 bits per heavy atom. The van der Waals surface area contributed by atoms with Crippen LogP contribution in [0.1, 0.15) is 73.7 Å². The highest BCUT2D eigenvalue weighted by Gasteiger charge is 2.53. The number of carbonyl (C=O) groups is 3. The standard InChI is InChI=1S/C29H42ClN9O5/c1-4-17(3)16-39(15-12-33-18-8-13-38(14-9-18)27(42)19-6-7-20(30)34-22(19)31)24-26(41)35-21(23(32)36-24)25(40)37-29(10-11-29)28(43)44-5-2/h6-7,17-18,33H,4-5,8-16H2,1-3H3,(H2,31,34)(H2,32,36)(H,35,41)(H,37,40). The minimum Gasteiger partial charge on any atom is -0.464 e. The molecule has 0 bridgehead atoms. The number of pyridine rings is 1. The zero-order valence-electron chi connectivity index (χ0n) is 25.5. The summed E-state index contributed by atoms with van der Waals surface area (Å²) in [7, 11) is 0. The van der Waals surface area contributed by atoms with Crippen molar-refractivity contribution in [3.05, 3.63) is 38.9 Å². The zero-order chi connectivity index (χ0) is 32.0. The van der Waals surface area contributed by atoms with Crippen molar-refractivity contribution in [3.8, 4) is 0 Å². The monoisotopic (exact) mass is 631 g/mol. The Labute approximate surface area is 261 Å². The molecule has 0 radical (unpaired) electrons. The van der Waals surface area contributed by atoms with Gasteiger partial charge >= 0.3 is 5.97 Å². The maximum Gasteiger partial charge on any atom is 0.331 e. The summed E-state index contributed by atoms with van der Waals surface area (Å²) < 4.78 is 5.07. The lowest BCUT2D eigenvalue weighted by molar-refractivity contribution is -0.146. The lowest BCUT2D eigenvalue weighted by atomic mass is 10.0. The SMILES string of the molecule is CCOC(=O)C1(NC(=O)c2[nH]c(=O)c(N(CCNC3CCN(C(=O)c4ccc(Cl)nc4N)CC3)CC(C)CC)nc2N)CC1. The Hall–Kier alpha value is -3.91. The number of nitrogens with zero attached hydrogens (tertiary/aromatic N) is 4. The summed E-state index contributed by atoms with van der Waals surface area (Å²) in [5, 5.41) is 6.43. The molecule has 4 rings (SSSR count). The molecule has 1 unspecified atom stereocenters. The maximum atomic E-state index is 13.2. The molecule has 14 nitrogen and oxygen atoms in total. The summed E-state index contributed by atoms with van der Waals surface area (Å²) in [6.07, 6.45) is 3.30. The van der Waals surface area contributed by atoms with E-state index in [-0.39, 0.29) is 52.8 Å². The van der Waals surface area contributed by atoms with E-state index in [0.717, 1.165) is 19.3 Å². The minimum atomic E-state index is -1.09. The van der Waals surface area contributed by atoms with Gasteiger partial charge in [-0.25, -0.2) is 14.8 Å². The van der Waals surface area contributed by atoms with Crippen molar-refractivity contribution in [2.24, 2.45) is 5.92 Å². The largest absolute Gasteiger partial charge is 0.464 e. The number of anilines is 3. The second-order valence-electron chi connectivity index (χ2n) is 11.5. The van der Waals surface area contributed by atoms with Crippen molar-refractivity contribution >= 4 is 46.8 Å². The number of halogens is 1. The highest BCUT2D eigenvalue weighted by atomic mass is 35.5. The Kier molecular flexibility index (Phi) is 10.7. The molecule has 2 fully saturated rings. The lowest BCUT2D eigenvalue weighted by Crippen LogP contribution is -2.47. The van der Waals surface area contributed by atoms with Gasteiger partial charge in [0.25, 0.3) is 17.4 Å². The van der Waals surface area contributed by atoms with E-state index >= 15 is 0 Å². The second kappa shape index (κ2) is 14.2. The molecule has 1 aliphatic heterocycles. The third-order valence-electron chi connectivity index (χ3n) is 8.17. The van der Waals surface area contributed by atoms with Crippen LogP contribution in [0.5, 0.6) is 0 Å². The van der Waals surface area contributed by atoms with Crippen molar-refractivity contribution in [1.29, 1.82) is 0 Å². The Bertz CT molecular complexity index is 1420. The van der Waals surface area contributed by atoms with Gasteiger partial charge in [0, 0.05) is 38.8 Å². The lowest BCUT2D eigenvalue weighted by Gasteiger charge is -2.33. The fourth-order valence-electron chi connectivity index (χ4n) is 5.18. The van der Waals surface area contributed by atoms with E-state index in [4.69, 9.17) is 27.8 Å². The molecule has 1 aliphatic carbocycles. The number of nitrogens with one attached hydrogen (secondary N) is 3. The first-order valence-corrected chi connectivity index (χ1v) is 15.4. The number of amides is 2. The normalized spacial score (nSPS) is 16.7. The number of nitrogens with two attached hydrogens (primary N) is 2. The molecule has 15 heteroatoms. The van der Waals surface area contributed by atoms with E-state index in [1.165, 1.54) is 0 Å². The number of H-pyrrole nitrogens is 1. The van der Waals surface area contributed by atoms with Gasteiger partial charge in [-0.15, -0.1) is 0 Å². The van der Waals surface area contributed by atoms with Crippen LogP contribution in [-0.2, 0) is 9.53 Å². The van der Waals surface area contributed by atoms with Crippen molar-refractivity contribution in [3.63, 3.8) is 0 Å². The minimum absolute atomic E-state index is 0.116. The summed E-state index contributed by atoms with van der Waals surface area (Å²) in [5.41, 5.74) is 10.6. The molecule has 2 aliphatic rings. The smallest absolute Gasteiger partial charge is 0.331 e. The van der Waals surface area contributed by atoms with Crippen LogP contribution in [0.25, 0.3) is 0 Å². The number of rotatable bonds is 13. The molecule has 1 saturated heterocycles. The molecule has 1 atom stereocenters. The molecule has 1 saturated carbocycles. The summed E-state index contributed by atoms with van der Waals surface area (Å²) in [4.78, 5) is 65.8. The number of ether oxygens (including phenoxy) is 1. The Morgan fingerprint density at radius 3 is 2.50 bits per heavy atom. The van der Waals surface area contributed by atoms with Crippen molar-refractivity contribution in [2.45, 2.75) is 64.5 Å². The van der Waals surface area contributed by atoms with Gasteiger partial charge in [-0.3, -0.25) is 14.4 Å². The van der Waals surface area contributed by atoms with E-state index in [1.54, 1.807) is 24.0 Å². The van der Waals surface area contributed by atoms with Crippen molar-refractivity contribution in [2.75, 3.05) is 55.7 Å². The van der Waals surface area contributed by atoms with E-state index in [0.29, 0.717) is 51.1 Å². The second-order valence-corrected chi connectivity index (χ2v) is 11.8. The summed E-state index contributed by atoms with van der Waals surface area (Å²) in [6, 6.07) is 3.33. The van der Waals surface area contributed by atoms with Crippen molar-refractivity contribution < 1.29 is 19.1 Å². The summed E-state index contributed by atoms with van der Waals surface area (Å²) in [6.45, 7) is 8.77. The number of carbonyl (C=O) groups excluding carboxylic acids is 3. The number of piperidine rings is 1. The van der Waals surface area contributed by atoms with E-state index < -0.39 is 23.0 Å². The summed E-state index contributed by atoms with van der Waals surface area (Å²) >= 11 is 5.86. The van der Waals surface area contributed by atoms with Gasteiger partial charge in [0.15, 0.2) is 11.6 Å². The molecule has 44 heavy (non-hydrogen) atoms. The Morgan fingerprint density at radius 1 is 1.18 bits per heavy atom. The van der Waals surface area contributed by atoms with E-state index in [2.05, 4.69) is 39.4 Å². The van der Waals surface area contributed by atoms with Crippen LogP contribution in [0.4, 0.5) is 17.5 Å². The van der Waals surface area contributed by atoms with Crippen LogP contribution in [-0.4, -0.2) is 88.5 Å².